The maximum absolute atomic E-state index is 11.6. The Labute approximate surface area is 90.5 Å². The van der Waals surface area contributed by atoms with Crippen LogP contribution >= 0.6 is 0 Å². The van der Waals surface area contributed by atoms with Crippen LogP contribution in [0.25, 0.3) is 0 Å². The number of carbonyl (C=O) groups is 1. The number of carbonyl (C=O) groups excluding carboxylic acids is 1. The number of amides is 1. The van der Waals surface area contributed by atoms with E-state index in [1.807, 2.05) is 4.90 Å². The van der Waals surface area contributed by atoms with Crippen LogP contribution in [0.5, 0.6) is 0 Å². The summed E-state index contributed by atoms with van der Waals surface area (Å²) in [5, 5.41) is 0. The van der Waals surface area contributed by atoms with Crippen LogP contribution in [0.15, 0.2) is 0 Å². The van der Waals surface area contributed by atoms with Crippen molar-refractivity contribution in [1.29, 1.82) is 0 Å². The summed E-state index contributed by atoms with van der Waals surface area (Å²) in [5.74, 6) is 0.523. The largest absolute Gasteiger partial charge is 0.382 e. The van der Waals surface area contributed by atoms with Gasteiger partial charge in [0.2, 0.25) is 5.91 Å². The zero-order valence-electron chi connectivity index (χ0n) is 9.28. The van der Waals surface area contributed by atoms with Crippen molar-refractivity contribution in [2.24, 2.45) is 11.7 Å². The first-order valence-electron chi connectivity index (χ1n) is 5.32. The van der Waals surface area contributed by atoms with Gasteiger partial charge in [0, 0.05) is 20.2 Å². The summed E-state index contributed by atoms with van der Waals surface area (Å²) in [7, 11) is 1.61. The Balaban J connectivity index is 2.12. The molecule has 5 heteroatoms. The van der Waals surface area contributed by atoms with E-state index in [1.165, 1.54) is 0 Å². The summed E-state index contributed by atoms with van der Waals surface area (Å²) in [6.45, 7) is 3.40. The molecular weight excluding hydrogens is 196 g/mol. The molecule has 0 aliphatic carbocycles. The quantitative estimate of drug-likeness (QED) is 0.605. The Hall–Kier alpha value is -0.650. The van der Waals surface area contributed by atoms with Crippen molar-refractivity contribution in [2.45, 2.75) is 6.42 Å². The van der Waals surface area contributed by atoms with Gasteiger partial charge in [0.05, 0.1) is 13.2 Å². The second-order valence-electron chi connectivity index (χ2n) is 3.78. The van der Waals surface area contributed by atoms with E-state index in [1.54, 1.807) is 7.11 Å². The Morgan fingerprint density at radius 3 is 2.93 bits per heavy atom. The summed E-state index contributed by atoms with van der Waals surface area (Å²) in [6.07, 6.45) is 1.01. The minimum atomic E-state index is 0.0575. The Kier molecular flexibility index (Phi) is 5.60. The average Bonchev–Trinajstić information content (AvgIpc) is 2.72. The van der Waals surface area contributed by atoms with E-state index in [2.05, 4.69) is 0 Å². The van der Waals surface area contributed by atoms with E-state index in [0.29, 0.717) is 25.7 Å². The number of nitrogens with zero attached hydrogens (tertiary/aromatic N) is 1. The lowest BCUT2D eigenvalue weighted by Crippen LogP contribution is -2.33. The standard InChI is InChI=1S/C10H20N2O3/c1-14-4-5-15-8-10(13)12-3-2-9(6-11)7-12/h9H,2-8,11H2,1H3. The molecule has 1 aliphatic rings. The van der Waals surface area contributed by atoms with Gasteiger partial charge in [0.15, 0.2) is 0 Å². The predicted molar refractivity (Wildman–Crippen MR) is 56.4 cm³/mol. The SMILES string of the molecule is COCCOCC(=O)N1CCC(CN)C1. The monoisotopic (exact) mass is 216 g/mol. The number of hydrogen-bond acceptors (Lipinski definition) is 4. The van der Waals surface area contributed by atoms with Gasteiger partial charge in [-0.05, 0) is 18.9 Å². The van der Waals surface area contributed by atoms with Crippen molar-refractivity contribution in [3.05, 3.63) is 0 Å². The summed E-state index contributed by atoms with van der Waals surface area (Å²) >= 11 is 0. The Morgan fingerprint density at radius 1 is 1.53 bits per heavy atom. The fraction of sp³-hybridized carbons (Fsp3) is 0.900. The van der Waals surface area contributed by atoms with Gasteiger partial charge in [-0.2, -0.15) is 0 Å². The minimum absolute atomic E-state index is 0.0575. The van der Waals surface area contributed by atoms with E-state index in [0.717, 1.165) is 19.5 Å². The summed E-state index contributed by atoms with van der Waals surface area (Å²) in [4.78, 5) is 13.4. The lowest BCUT2D eigenvalue weighted by Gasteiger charge is -2.16. The van der Waals surface area contributed by atoms with E-state index >= 15 is 0 Å². The van der Waals surface area contributed by atoms with E-state index in [9.17, 15) is 4.79 Å². The van der Waals surface area contributed by atoms with Gasteiger partial charge in [-0.25, -0.2) is 0 Å². The van der Waals surface area contributed by atoms with Gasteiger partial charge < -0.3 is 20.1 Å². The van der Waals surface area contributed by atoms with Crippen molar-refractivity contribution in [1.82, 2.24) is 4.90 Å². The molecule has 1 aliphatic heterocycles. The van der Waals surface area contributed by atoms with Gasteiger partial charge in [0.25, 0.3) is 0 Å². The van der Waals surface area contributed by atoms with Crippen molar-refractivity contribution >= 4 is 5.91 Å². The number of hydrogen-bond donors (Lipinski definition) is 1. The molecule has 2 N–H and O–H groups in total. The second kappa shape index (κ2) is 6.76. The van der Waals surface area contributed by atoms with Gasteiger partial charge in [-0.3, -0.25) is 4.79 Å². The van der Waals surface area contributed by atoms with Crippen LogP contribution in [0.1, 0.15) is 6.42 Å². The highest BCUT2D eigenvalue weighted by Gasteiger charge is 2.24. The lowest BCUT2D eigenvalue weighted by molar-refractivity contribution is -0.135. The molecule has 0 saturated carbocycles. The Bertz CT molecular complexity index is 199. The highest BCUT2D eigenvalue weighted by Crippen LogP contribution is 2.14. The third-order valence-electron chi connectivity index (χ3n) is 2.63. The molecule has 1 heterocycles. The van der Waals surface area contributed by atoms with Gasteiger partial charge in [-0.15, -0.1) is 0 Å². The molecule has 0 aromatic carbocycles. The number of nitrogens with two attached hydrogens (primary N) is 1. The van der Waals surface area contributed by atoms with Crippen molar-refractivity contribution < 1.29 is 14.3 Å². The Morgan fingerprint density at radius 2 is 2.33 bits per heavy atom. The zero-order valence-corrected chi connectivity index (χ0v) is 9.28. The summed E-state index contributed by atoms with van der Waals surface area (Å²) in [5.41, 5.74) is 5.55. The molecule has 1 fully saturated rings. The molecule has 0 bridgehead atoms. The molecule has 0 aromatic rings. The van der Waals surface area contributed by atoms with E-state index in [4.69, 9.17) is 15.2 Å². The zero-order chi connectivity index (χ0) is 11.1. The molecule has 15 heavy (non-hydrogen) atoms. The van der Waals surface area contributed by atoms with Crippen molar-refractivity contribution in [2.75, 3.05) is 46.6 Å². The molecule has 1 amide bonds. The molecule has 0 radical (unpaired) electrons. The van der Waals surface area contributed by atoms with Gasteiger partial charge >= 0.3 is 0 Å². The molecule has 0 aromatic heterocycles. The van der Waals surface area contributed by atoms with Crippen LogP contribution in [0, 0.1) is 5.92 Å². The highest BCUT2D eigenvalue weighted by molar-refractivity contribution is 5.77. The van der Waals surface area contributed by atoms with Gasteiger partial charge in [0.1, 0.15) is 6.61 Å². The van der Waals surface area contributed by atoms with E-state index in [-0.39, 0.29) is 12.5 Å². The number of methoxy groups -OCH3 is 1. The van der Waals surface area contributed by atoms with Crippen LogP contribution in [-0.4, -0.2) is 57.4 Å². The first-order valence-corrected chi connectivity index (χ1v) is 5.32. The summed E-state index contributed by atoms with van der Waals surface area (Å²) < 4.78 is 9.99. The summed E-state index contributed by atoms with van der Waals surface area (Å²) in [6, 6.07) is 0. The molecule has 1 rings (SSSR count). The highest BCUT2D eigenvalue weighted by atomic mass is 16.5. The van der Waals surface area contributed by atoms with Gasteiger partial charge in [-0.1, -0.05) is 0 Å². The topological polar surface area (TPSA) is 64.8 Å². The third-order valence-corrected chi connectivity index (χ3v) is 2.63. The minimum Gasteiger partial charge on any atom is -0.382 e. The molecular formula is C10H20N2O3. The third kappa shape index (κ3) is 4.15. The molecule has 88 valence electrons. The second-order valence-corrected chi connectivity index (χ2v) is 3.78. The fourth-order valence-electron chi connectivity index (χ4n) is 1.64. The first kappa shape index (κ1) is 12.4. The van der Waals surface area contributed by atoms with Crippen LogP contribution < -0.4 is 5.73 Å². The molecule has 5 nitrogen and oxygen atoms in total. The van der Waals surface area contributed by atoms with Crippen LogP contribution in [0.4, 0.5) is 0 Å². The molecule has 0 spiro atoms. The van der Waals surface area contributed by atoms with Crippen LogP contribution in [-0.2, 0) is 14.3 Å². The molecule has 1 unspecified atom stereocenters. The number of likely N-dealkylation sites (tertiary alicyclic amines) is 1. The fourth-order valence-corrected chi connectivity index (χ4v) is 1.64. The van der Waals surface area contributed by atoms with E-state index < -0.39 is 0 Å². The predicted octanol–water partition coefficient (Wildman–Crippen LogP) is -0.543. The number of ether oxygens (including phenoxy) is 2. The van der Waals surface area contributed by atoms with Crippen LogP contribution in [0.2, 0.25) is 0 Å². The maximum Gasteiger partial charge on any atom is 0.248 e. The number of rotatable bonds is 6. The normalized spacial score (nSPS) is 20.9. The average molecular weight is 216 g/mol. The molecule has 1 saturated heterocycles. The van der Waals surface area contributed by atoms with Crippen LogP contribution in [0.3, 0.4) is 0 Å². The first-order chi connectivity index (χ1) is 7.27. The molecule has 1 atom stereocenters. The van der Waals surface area contributed by atoms with Crippen molar-refractivity contribution in [3.63, 3.8) is 0 Å². The van der Waals surface area contributed by atoms with Crippen molar-refractivity contribution in [3.8, 4) is 0 Å². The lowest BCUT2D eigenvalue weighted by atomic mass is 10.1. The maximum atomic E-state index is 11.6. The smallest absolute Gasteiger partial charge is 0.248 e.